The highest BCUT2D eigenvalue weighted by Gasteiger charge is 2.26. The molecule has 0 saturated carbocycles. The lowest BCUT2D eigenvalue weighted by Gasteiger charge is -2.11. The molecule has 0 aromatic heterocycles. The highest BCUT2D eigenvalue weighted by molar-refractivity contribution is 7.89. The first-order valence-electron chi connectivity index (χ1n) is 8.31. The molecule has 2 aromatic rings. The van der Waals surface area contributed by atoms with E-state index in [2.05, 4.69) is 4.99 Å². The minimum atomic E-state index is -3.59. The number of hydrogen-bond donors (Lipinski definition) is 0. The minimum absolute atomic E-state index is 0.0896. The summed E-state index contributed by atoms with van der Waals surface area (Å²) in [5.41, 5.74) is 3.64. The van der Waals surface area contributed by atoms with Crippen molar-refractivity contribution >= 4 is 28.0 Å². The van der Waals surface area contributed by atoms with Crippen LogP contribution in [-0.4, -0.2) is 38.7 Å². The molecule has 140 valence electrons. The van der Waals surface area contributed by atoms with Crippen LogP contribution >= 0.6 is 0 Å². The van der Waals surface area contributed by atoms with Crippen LogP contribution in [0.2, 0.25) is 0 Å². The van der Waals surface area contributed by atoms with Crippen LogP contribution in [0, 0.1) is 13.8 Å². The van der Waals surface area contributed by atoms with Gasteiger partial charge in [0, 0.05) is 19.7 Å². The van der Waals surface area contributed by atoms with Crippen molar-refractivity contribution in [3.8, 4) is 0 Å². The number of carbonyl (C=O) groups is 1. The Morgan fingerprint density at radius 2 is 1.81 bits per heavy atom. The third kappa shape index (κ3) is 3.84. The van der Waals surface area contributed by atoms with Crippen LogP contribution in [0.15, 0.2) is 58.0 Å². The van der Waals surface area contributed by atoms with E-state index in [1.54, 1.807) is 18.2 Å². The molecule has 0 spiro atoms. The zero-order valence-electron chi connectivity index (χ0n) is 15.6. The van der Waals surface area contributed by atoms with Gasteiger partial charge in [0.25, 0.3) is 0 Å². The zero-order chi connectivity index (χ0) is 19.8. The Morgan fingerprint density at radius 1 is 1.07 bits per heavy atom. The zero-order valence-corrected chi connectivity index (χ0v) is 16.4. The van der Waals surface area contributed by atoms with Gasteiger partial charge in [-0.15, -0.1) is 0 Å². The fourth-order valence-electron chi connectivity index (χ4n) is 2.67. The van der Waals surface area contributed by atoms with Crippen molar-refractivity contribution in [1.82, 2.24) is 4.31 Å². The van der Waals surface area contributed by atoms with E-state index >= 15 is 0 Å². The van der Waals surface area contributed by atoms with Gasteiger partial charge < -0.3 is 4.74 Å². The number of ether oxygens (including phenoxy) is 1. The van der Waals surface area contributed by atoms with E-state index in [0.717, 1.165) is 21.0 Å². The SMILES string of the molecule is Cc1ccc(/C=C2/N=C(c3cccc(S(=O)(=O)N(C)C)c3)OC2=O)c(C)c1. The molecule has 0 bridgehead atoms. The Hall–Kier alpha value is -2.77. The number of carbonyl (C=O) groups excluding carboxylic acids is 1. The highest BCUT2D eigenvalue weighted by Crippen LogP contribution is 2.23. The monoisotopic (exact) mass is 384 g/mol. The van der Waals surface area contributed by atoms with Crippen molar-refractivity contribution in [3.05, 3.63) is 70.4 Å². The molecule has 0 atom stereocenters. The fourth-order valence-corrected chi connectivity index (χ4v) is 3.62. The minimum Gasteiger partial charge on any atom is -0.402 e. The number of rotatable bonds is 4. The van der Waals surface area contributed by atoms with Crippen LogP contribution in [0.4, 0.5) is 0 Å². The lowest BCUT2D eigenvalue weighted by molar-refractivity contribution is -0.129. The van der Waals surface area contributed by atoms with Crippen LogP contribution in [0.25, 0.3) is 6.08 Å². The largest absolute Gasteiger partial charge is 0.402 e. The van der Waals surface area contributed by atoms with Gasteiger partial charge in [0.1, 0.15) is 0 Å². The summed E-state index contributed by atoms with van der Waals surface area (Å²) < 4.78 is 31.0. The Labute approximate surface area is 158 Å². The quantitative estimate of drug-likeness (QED) is 0.600. The maximum absolute atomic E-state index is 12.3. The van der Waals surface area contributed by atoms with Gasteiger partial charge in [0.05, 0.1) is 4.90 Å². The third-order valence-electron chi connectivity index (χ3n) is 4.20. The standard InChI is InChI=1S/C20H20N2O4S/c1-13-8-9-15(14(2)10-13)12-18-20(23)26-19(21-18)16-6-5-7-17(11-16)27(24,25)22(3)4/h5-12H,1-4H3/b18-12+. The number of cyclic esters (lactones) is 1. The van der Waals surface area contributed by atoms with Crippen LogP contribution in [0.1, 0.15) is 22.3 Å². The van der Waals surface area contributed by atoms with Gasteiger partial charge in [0.2, 0.25) is 15.9 Å². The van der Waals surface area contributed by atoms with Crippen molar-refractivity contribution < 1.29 is 17.9 Å². The molecule has 1 aliphatic heterocycles. The van der Waals surface area contributed by atoms with Gasteiger partial charge >= 0.3 is 5.97 Å². The number of sulfonamides is 1. The Morgan fingerprint density at radius 3 is 2.48 bits per heavy atom. The summed E-state index contributed by atoms with van der Waals surface area (Å²) in [5, 5.41) is 0. The first-order valence-corrected chi connectivity index (χ1v) is 9.75. The van der Waals surface area contributed by atoms with Crippen molar-refractivity contribution in [1.29, 1.82) is 0 Å². The maximum atomic E-state index is 12.3. The van der Waals surface area contributed by atoms with Crippen LogP contribution < -0.4 is 0 Å². The normalized spacial score (nSPS) is 16.0. The fraction of sp³-hybridized carbons (Fsp3) is 0.200. The number of nitrogens with zero attached hydrogens (tertiary/aromatic N) is 2. The van der Waals surface area contributed by atoms with E-state index in [1.807, 2.05) is 32.0 Å². The molecule has 27 heavy (non-hydrogen) atoms. The predicted octanol–water partition coefficient (Wildman–Crippen LogP) is 2.90. The molecular formula is C20H20N2O4S. The van der Waals surface area contributed by atoms with Gasteiger partial charge in [-0.25, -0.2) is 22.5 Å². The highest BCUT2D eigenvalue weighted by atomic mass is 32.2. The molecule has 0 radical (unpaired) electrons. The first kappa shape index (κ1) is 19.0. The van der Waals surface area contributed by atoms with Crippen molar-refractivity contribution in [2.45, 2.75) is 18.7 Å². The maximum Gasteiger partial charge on any atom is 0.363 e. The summed E-state index contributed by atoms with van der Waals surface area (Å²) in [6.07, 6.45) is 1.67. The van der Waals surface area contributed by atoms with Gasteiger partial charge in [-0.2, -0.15) is 0 Å². The average molecular weight is 384 g/mol. The molecular weight excluding hydrogens is 364 g/mol. The molecule has 0 unspecified atom stereocenters. The lowest BCUT2D eigenvalue weighted by atomic mass is 10.0. The summed E-state index contributed by atoms with van der Waals surface area (Å²) in [5.74, 6) is -0.474. The first-order chi connectivity index (χ1) is 12.7. The van der Waals surface area contributed by atoms with E-state index in [-0.39, 0.29) is 16.5 Å². The Bertz CT molecular complexity index is 1080. The van der Waals surface area contributed by atoms with Crippen molar-refractivity contribution in [2.75, 3.05) is 14.1 Å². The molecule has 0 N–H and O–H groups in total. The van der Waals surface area contributed by atoms with Crippen LogP contribution in [-0.2, 0) is 19.6 Å². The smallest absolute Gasteiger partial charge is 0.363 e. The van der Waals surface area contributed by atoms with E-state index in [4.69, 9.17) is 4.74 Å². The number of aryl methyl sites for hydroxylation is 2. The van der Waals surface area contributed by atoms with E-state index in [0.29, 0.717) is 5.56 Å². The van der Waals surface area contributed by atoms with E-state index < -0.39 is 16.0 Å². The molecule has 0 saturated heterocycles. The summed E-state index contributed by atoms with van der Waals surface area (Å²) in [6.45, 7) is 3.96. The van der Waals surface area contributed by atoms with E-state index in [1.165, 1.54) is 26.2 Å². The third-order valence-corrected chi connectivity index (χ3v) is 6.01. The molecule has 3 rings (SSSR count). The summed E-state index contributed by atoms with van der Waals surface area (Å²) >= 11 is 0. The summed E-state index contributed by atoms with van der Waals surface area (Å²) in [6, 6.07) is 12.1. The molecule has 6 nitrogen and oxygen atoms in total. The average Bonchev–Trinajstić information content (AvgIpc) is 2.98. The molecule has 2 aromatic carbocycles. The van der Waals surface area contributed by atoms with Crippen LogP contribution in [0.5, 0.6) is 0 Å². The number of aliphatic imine (C=N–C) groups is 1. The Kier molecular flexibility index (Phi) is 4.99. The molecule has 0 amide bonds. The van der Waals surface area contributed by atoms with Crippen molar-refractivity contribution in [2.24, 2.45) is 4.99 Å². The van der Waals surface area contributed by atoms with Crippen molar-refractivity contribution in [3.63, 3.8) is 0 Å². The topological polar surface area (TPSA) is 76.0 Å². The summed E-state index contributed by atoms with van der Waals surface area (Å²) in [4.78, 5) is 16.6. The number of benzene rings is 2. The van der Waals surface area contributed by atoms with Crippen LogP contribution in [0.3, 0.4) is 0 Å². The lowest BCUT2D eigenvalue weighted by Crippen LogP contribution is -2.22. The van der Waals surface area contributed by atoms with Gasteiger partial charge in [-0.1, -0.05) is 29.8 Å². The Balaban J connectivity index is 1.99. The second-order valence-electron chi connectivity index (χ2n) is 6.51. The number of hydrogen-bond acceptors (Lipinski definition) is 5. The molecule has 0 aliphatic carbocycles. The van der Waals surface area contributed by atoms with Gasteiger partial charge in [0.15, 0.2) is 5.70 Å². The second kappa shape index (κ2) is 7.09. The molecule has 1 aliphatic rings. The number of esters is 1. The van der Waals surface area contributed by atoms with Gasteiger partial charge in [-0.3, -0.25) is 0 Å². The van der Waals surface area contributed by atoms with E-state index in [9.17, 15) is 13.2 Å². The molecule has 7 heteroatoms. The summed E-state index contributed by atoms with van der Waals surface area (Å²) in [7, 11) is -0.675. The van der Waals surface area contributed by atoms with Gasteiger partial charge in [-0.05, 0) is 49.2 Å². The molecule has 1 heterocycles. The second-order valence-corrected chi connectivity index (χ2v) is 8.66. The predicted molar refractivity (Wildman–Crippen MR) is 104 cm³/mol. The molecule has 0 fully saturated rings.